The number of hydrogen-bond donors (Lipinski definition) is 0. The van der Waals surface area contributed by atoms with Gasteiger partial charge >= 0.3 is 18.6 Å². The maximum atomic E-state index is 13.3. The van der Waals surface area contributed by atoms with Crippen LogP contribution in [0.2, 0.25) is 10.0 Å². The second-order valence-electron chi connectivity index (χ2n) is 7.40. The number of esters is 2. The number of pyridine rings is 1. The molecule has 0 bridgehead atoms. The summed E-state index contributed by atoms with van der Waals surface area (Å²) in [5, 5.41) is 0.459. The van der Waals surface area contributed by atoms with Crippen molar-refractivity contribution in [2.75, 3.05) is 7.11 Å². The number of ether oxygens (including phenoxy) is 4. The van der Waals surface area contributed by atoms with Gasteiger partial charge in [-0.2, -0.15) is 8.78 Å². The van der Waals surface area contributed by atoms with Crippen LogP contribution in [0.15, 0.2) is 60.9 Å². The van der Waals surface area contributed by atoms with Crippen molar-refractivity contribution in [1.82, 2.24) is 4.98 Å². The van der Waals surface area contributed by atoms with Crippen LogP contribution in [0.3, 0.4) is 0 Å². The molecule has 0 aliphatic rings. The summed E-state index contributed by atoms with van der Waals surface area (Å²) >= 11 is 12.6. The molecule has 0 aliphatic carbocycles. The van der Waals surface area contributed by atoms with Gasteiger partial charge < -0.3 is 18.9 Å². The van der Waals surface area contributed by atoms with Crippen molar-refractivity contribution in [2.45, 2.75) is 32.2 Å². The van der Waals surface area contributed by atoms with E-state index in [0.29, 0.717) is 16.7 Å². The third kappa shape index (κ3) is 7.05. The van der Waals surface area contributed by atoms with Crippen LogP contribution in [-0.2, 0) is 25.5 Å². The normalized spacial score (nSPS) is 12.5. The molecule has 1 aromatic heterocycles. The van der Waals surface area contributed by atoms with E-state index in [1.807, 2.05) is 0 Å². The van der Waals surface area contributed by atoms with Gasteiger partial charge in [0.15, 0.2) is 11.5 Å². The maximum Gasteiger partial charge on any atom is 0.387 e. The first-order valence-corrected chi connectivity index (χ1v) is 11.3. The molecule has 0 saturated heterocycles. The Morgan fingerprint density at radius 3 is 2.19 bits per heavy atom. The van der Waals surface area contributed by atoms with Gasteiger partial charge in [-0.15, -0.1) is 0 Å². The highest BCUT2D eigenvalue weighted by molar-refractivity contribution is 6.35. The molecule has 0 radical (unpaired) electrons. The Morgan fingerprint density at radius 1 is 0.944 bits per heavy atom. The predicted molar refractivity (Wildman–Crippen MR) is 127 cm³/mol. The van der Waals surface area contributed by atoms with Crippen LogP contribution in [0.25, 0.3) is 0 Å². The van der Waals surface area contributed by atoms with Gasteiger partial charge in [0.2, 0.25) is 6.10 Å². The Kier molecular flexibility index (Phi) is 9.44. The van der Waals surface area contributed by atoms with Crippen LogP contribution < -0.4 is 9.47 Å². The number of carbonyl (C=O) groups excluding carboxylic acids is 2. The second-order valence-corrected chi connectivity index (χ2v) is 8.21. The number of carbonyl (C=O) groups is 2. The zero-order chi connectivity index (χ0) is 26.2. The highest BCUT2D eigenvalue weighted by atomic mass is 35.5. The average molecular weight is 540 g/mol. The number of nitrogens with zero attached hydrogens (tertiary/aromatic N) is 1. The molecule has 0 amide bonds. The fraction of sp³-hybridized carbons (Fsp3) is 0.240. The van der Waals surface area contributed by atoms with E-state index in [-0.39, 0.29) is 28.0 Å². The Morgan fingerprint density at radius 2 is 1.61 bits per heavy atom. The van der Waals surface area contributed by atoms with Crippen molar-refractivity contribution in [1.29, 1.82) is 0 Å². The summed E-state index contributed by atoms with van der Waals surface area (Å²) < 4.78 is 46.2. The smallest absolute Gasteiger partial charge is 0.387 e. The molecule has 0 saturated carbocycles. The van der Waals surface area contributed by atoms with Crippen LogP contribution >= 0.6 is 23.2 Å². The average Bonchev–Trinajstić information content (AvgIpc) is 2.84. The number of alkyl halides is 2. The molecule has 7 nitrogen and oxygen atoms in total. The van der Waals surface area contributed by atoms with E-state index in [2.05, 4.69) is 9.72 Å². The molecule has 0 N–H and O–H groups in total. The van der Waals surface area contributed by atoms with Crippen molar-refractivity contribution in [3.63, 3.8) is 0 Å². The third-order valence-corrected chi connectivity index (χ3v) is 5.63. The Bertz CT molecular complexity index is 1190. The lowest BCUT2D eigenvalue weighted by molar-refractivity contribution is -0.171. The molecular formula is C25H21Cl2F2NO6. The van der Waals surface area contributed by atoms with Gasteiger partial charge in [-0.05, 0) is 23.3 Å². The predicted octanol–water partition coefficient (Wildman–Crippen LogP) is 6.13. The zero-order valence-corrected chi connectivity index (χ0v) is 20.6. The number of halogens is 4. The molecule has 0 fully saturated rings. The quantitative estimate of drug-likeness (QED) is 0.286. The molecule has 0 aliphatic heterocycles. The number of benzene rings is 2. The van der Waals surface area contributed by atoms with Gasteiger partial charge in [0.25, 0.3) is 0 Å². The molecule has 3 rings (SSSR count). The summed E-state index contributed by atoms with van der Waals surface area (Å²) in [6.45, 7) is -1.90. The van der Waals surface area contributed by atoms with Gasteiger partial charge in [0, 0.05) is 31.3 Å². The topological polar surface area (TPSA) is 84.0 Å². The number of rotatable bonds is 10. The summed E-state index contributed by atoms with van der Waals surface area (Å²) in [5.74, 6) is -1.77. The molecule has 0 spiro atoms. The SMILES string of the molecule is COc1cc([C@H](Cc2c(Cl)cncc2Cl)OC(=O)[C@@H](OC(C)=O)c2ccccc2)ccc1OC(F)F. The van der Waals surface area contributed by atoms with Gasteiger partial charge in [-0.3, -0.25) is 9.78 Å². The van der Waals surface area contributed by atoms with E-state index in [0.717, 1.165) is 0 Å². The van der Waals surface area contributed by atoms with Crippen LogP contribution in [0.4, 0.5) is 8.78 Å². The first-order chi connectivity index (χ1) is 17.2. The third-order valence-electron chi connectivity index (χ3n) is 4.98. The van der Waals surface area contributed by atoms with Gasteiger partial charge in [0.1, 0.15) is 6.10 Å². The van der Waals surface area contributed by atoms with E-state index >= 15 is 0 Å². The Hall–Kier alpha value is -3.43. The van der Waals surface area contributed by atoms with E-state index in [4.69, 9.17) is 37.4 Å². The first kappa shape index (κ1) is 27.2. The van der Waals surface area contributed by atoms with Crippen LogP contribution in [0.1, 0.15) is 35.8 Å². The lowest BCUT2D eigenvalue weighted by atomic mass is 10.0. The molecule has 11 heteroatoms. The van der Waals surface area contributed by atoms with E-state index < -0.39 is 30.8 Å². The summed E-state index contributed by atoms with van der Waals surface area (Å²) in [7, 11) is 1.28. The lowest BCUT2D eigenvalue weighted by Gasteiger charge is -2.24. The van der Waals surface area contributed by atoms with Gasteiger partial charge in [-0.25, -0.2) is 4.79 Å². The fourth-order valence-electron chi connectivity index (χ4n) is 3.37. The van der Waals surface area contributed by atoms with E-state index in [1.54, 1.807) is 30.3 Å². The molecule has 190 valence electrons. The molecule has 1 heterocycles. The minimum Gasteiger partial charge on any atom is -0.493 e. The largest absolute Gasteiger partial charge is 0.493 e. The van der Waals surface area contributed by atoms with E-state index in [9.17, 15) is 18.4 Å². The van der Waals surface area contributed by atoms with E-state index in [1.165, 1.54) is 44.6 Å². The van der Waals surface area contributed by atoms with Crippen molar-refractivity contribution < 1.29 is 37.3 Å². The lowest BCUT2D eigenvalue weighted by Crippen LogP contribution is -2.24. The maximum absolute atomic E-state index is 13.3. The monoisotopic (exact) mass is 539 g/mol. The Balaban J connectivity index is 2.01. The summed E-state index contributed by atoms with van der Waals surface area (Å²) in [4.78, 5) is 28.9. The molecule has 2 aromatic carbocycles. The summed E-state index contributed by atoms with van der Waals surface area (Å²) in [5.41, 5.74) is 1.19. The van der Waals surface area contributed by atoms with Crippen LogP contribution in [0, 0.1) is 0 Å². The molecule has 3 aromatic rings. The van der Waals surface area contributed by atoms with Crippen LogP contribution in [-0.4, -0.2) is 30.6 Å². The number of aromatic nitrogens is 1. The number of hydrogen-bond acceptors (Lipinski definition) is 7. The van der Waals surface area contributed by atoms with Gasteiger partial charge in [-0.1, -0.05) is 59.6 Å². The van der Waals surface area contributed by atoms with Crippen LogP contribution in [0.5, 0.6) is 11.5 Å². The van der Waals surface area contributed by atoms with Crippen molar-refractivity contribution in [3.8, 4) is 11.5 Å². The number of methoxy groups -OCH3 is 1. The van der Waals surface area contributed by atoms with Gasteiger partial charge in [0.05, 0.1) is 17.2 Å². The standard InChI is InChI=1S/C25H21Cl2F2NO6/c1-14(31)34-23(15-6-4-3-5-7-15)24(32)35-21(11-17-18(26)12-30-13-19(17)27)16-8-9-20(36-25(28)29)22(10-16)33-2/h3-10,12-13,21,23,25H,11H2,1-2H3/t21-,23-/m0/s1. The van der Waals surface area contributed by atoms with Crippen molar-refractivity contribution in [3.05, 3.63) is 87.7 Å². The molecule has 36 heavy (non-hydrogen) atoms. The highest BCUT2D eigenvalue weighted by Crippen LogP contribution is 2.36. The molecule has 0 unspecified atom stereocenters. The summed E-state index contributed by atoms with van der Waals surface area (Å²) in [6.07, 6.45) is 0.371. The first-order valence-electron chi connectivity index (χ1n) is 10.5. The molecular weight excluding hydrogens is 519 g/mol. The Labute approximate surface area is 215 Å². The minimum absolute atomic E-state index is 0.00822. The summed E-state index contributed by atoms with van der Waals surface area (Å²) in [6, 6.07) is 12.4. The van der Waals surface area contributed by atoms with Crippen molar-refractivity contribution in [2.24, 2.45) is 0 Å². The second kappa shape index (κ2) is 12.5. The zero-order valence-electron chi connectivity index (χ0n) is 19.1. The fourth-order valence-corrected chi connectivity index (χ4v) is 3.89. The minimum atomic E-state index is -3.07. The highest BCUT2D eigenvalue weighted by Gasteiger charge is 2.30. The molecule has 2 atom stereocenters. The van der Waals surface area contributed by atoms with Crippen molar-refractivity contribution >= 4 is 35.1 Å².